The number of hydrogen-bond acceptors (Lipinski definition) is 2. The number of thioether (sulfide) groups is 1. The molecule has 0 aromatic heterocycles. The largest absolute Gasteiger partial charge is 0.326 e. The van der Waals surface area contributed by atoms with Gasteiger partial charge in [-0.15, -0.1) is 11.8 Å². The van der Waals surface area contributed by atoms with Crippen LogP contribution in [0.1, 0.15) is 25.0 Å². The van der Waals surface area contributed by atoms with Crippen molar-refractivity contribution in [2.24, 2.45) is 5.73 Å². The van der Waals surface area contributed by atoms with Gasteiger partial charge >= 0.3 is 0 Å². The van der Waals surface area contributed by atoms with E-state index in [2.05, 4.69) is 39.0 Å². The highest BCUT2D eigenvalue weighted by Crippen LogP contribution is 2.27. The molecule has 0 spiro atoms. The summed E-state index contributed by atoms with van der Waals surface area (Å²) < 4.78 is 0. The van der Waals surface area contributed by atoms with Crippen LogP contribution in [0, 0.1) is 6.92 Å². The van der Waals surface area contributed by atoms with Crippen LogP contribution in [0.3, 0.4) is 0 Å². The second-order valence-corrected chi connectivity index (χ2v) is 5.10. The second-order valence-electron chi connectivity index (χ2n) is 3.48. The number of hydrogen-bond donors (Lipinski definition) is 1. The quantitative estimate of drug-likeness (QED) is 0.750. The van der Waals surface area contributed by atoms with Gasteiger partial charge < -0.3 is 5.73 Å². The van der Waals surface area contributed by atoms with Crippen LogP contribution in [0.4, 0.5) is 0 Å². The highest BCUT2D eigenvalue weighted by atomic mass is 32.2. The summed E-state index contributed by atoms with van der Waals surface area (Å²) in [4.78, 5) is 1.33. The minimum Gasteiger partial charge on any atom is -0.326 e. The molecule has 72 valence electrons. The van der Waals surface area contributed by atoms with Crippen LogP contribution < -0.4 is 5.73 Å². The Hall–Kier alpha value is -0.470. The number of rotatable bonds is 3. The first-order valence-corrected chi connectivity index (χ1v) is 5.47. The Balaban J connectivity index is 2.94. The van der Waals surface area contributed by atoms with Gasteiger partial charge in [0.05, 0.1) is 0 Å². The van der Waals surface area contributed by atoms with E-state index in [1.807, 2.05) is 11.8 Å². The minimum atomic E-state index is 0.618. The van der Waals surface area contributed by atoms with Crippen molar-refractivity contribution in [3.05, 3.63) is 29.3 Å². The summed E-state index contributed by atoms with van der Waals surface area (Å²) in [6.07, 6.45) is 0. The van der Waals surface area contributed by atoms with Gasteiger partial charge in [0.15, 0.2) is 0 Å². The first kappa shape index (κ1) is 10.6. The van der Waals surface area contributed by atoms with Crippen molar-refractivity contribution in [2.75, 3.05) is 0 Å². The van der Waals surface area contributed by atoms with E-state index >= 15 is 0 Å². The van der Waals surface area contributed by atoms with Crippen molar-refractivity contribution < 1.29 is 0 Å². The Morgan fingerprint density at radius 3 is 2.62 bits per heavy atom. The molecule has 1 nitrogen and oxygen atoms in total. The monoisotopic (exact) mass is 195 g/mol. The molecule has 13 heavy (non-hydrogen) atoms. The van der Waals surface area contributed by atoms with Crippen molar-refractivity contribution in [3.63, 3.8) is 0 Å². The third-order valence-electron chi connectivity index (χ3n) is 1.81. The summed E-state index contributed by atoms with van der Waals surface area (Å²) in [5.41, 5.74) is 8.22. The maximum absolute atomic E-state index is 5.66. The van der Waals surface area contributed by atoms with E-state index in [4.69, 9.17) is 5.73 Å². The molecule has 0 heterocycles. The molecule has 1 aromatic carbocycles. The summed E-state index contributed by atoms with van der Waals surface area (Å²) in [6, 6.07) is 6.46. The Bertz CT molecular complexity index is 281. The van der Waals surface area contributed by atoms with Gasteiger partial charge in [0, 0.05) is 16.7 Å². The van der Waals surface area contributed by atoms with E-state index in [1.165, 1.54) is 16.0 Å². The Kier molecular flexibility index (Phi) is 3.82. The molecule has 0 radical (unpaired) electrons. The maximum Gasteiger partial charge on any atom is 0.0189 e. The molecule has 1 rings (SSSR count). The van der Waals surface area contributed by atoms with E-state index in [9.17, 15) is 0 Å². The first-order chi connectivity index (χ1) is 6.13. The third kappa shape index (κ3) is 3.05. The average molecular weight is 195 g/mol. The van der Waals surface area contributed by atoms with Gasteiger partial charge in [0.2, 0.25) is 0 Å². The third-order valence-corrected chi connectivity index (χ3v) is 2.91. The van der Waals surface area contributed by atoms with Gasteiger partial charge in [-0.2, -0.15) is 0 Å². The topological polar surface area (TPSA) is 26.0 Å². The average Bonchev–Trinajstić information content (AvgIpc) is 2.03. The fraction of sp³-hybridized carbons (Fsp3) is 0.455. The number of benzene rings is 1. The van der Waals surface area contributed by atoms with Crippen LogP contribution in [-0.4, -0.2) is 5.25 Å². The molecular weight excluding hydrogens is 178 g/mol. The van der Waals surface area contributed by atoms with Crippen molar-refractivity contribution in [1.29, 1.82) is 0 Å². The zero-order valence-corrected chi connectivity index (χ0v) is 9.32. The zero-order chi connectivity index (χ0) is 9.84. The van der Waals surface area contributed by atoms with Crippen molar-refractivity contribution in [1.82, 2.24) is 0 Å². The normalized spacial score (nSPS) is 10.8. The van der Waals surface area contributed by atoms with Crippen molar-refractivity contribution in [3.8, 4) is 0 Å². The van der Waals surface area contributed by atoms with Crippen LogP contribution >= 0.6 is 11.8 Å². The first-order valence-electron chi connectivity index (χ1n) is 4.59. The molecule has 0 saturated heterocycles. The standard InChI is InChI=1S/C11H17NS/c1-8(2)13-11-6-9(3)4-5-10(11)7-12/h4-6,8H,7,12H2,1-3H3. The van der Waals surface area contributed by atoms with E-state index < -0.39 is 0 Å². The molecule has 2 N–H and O–H groups in total. The molecule has 0 atom stereocenters. The molecule has 0 aliphatic carbocycles. The molecular formula is C11H17NS. The molecule has 0 amide bonds. The molecule has 0 saturated carbocycles. The van der Waals surface area contributed by atoms with Crippen molar-refractivity contribution in [2.45, 2.75) is 37.5 Å². The lowest BCUT2D eigenvalue weighted by Gasteiger charge is -2.10. The maximum atomic E-state index is 5.66. The highest BCUT2D eigenvalue weighted by molar-refractivity contribution is 8.00. The summed E-state index contributed by atoms with van der Waals surface area (Å²) >= 11 is 1.88. The fourth-order valence-electron chi connectivity index (χ4n) is 1.19. The lowest BCUT2D eigenvalue weighted by Crippen LogP contribution is -2.00. The molecule has 0 bridgehead atoms. The lowest BCUT2D eigenvalue weighted by molar-refractivity contribution is 1.01. The summed E-state index contributed by atoms with van der Waals surface area (Å²) in [5.74, 6) is 0. The molecule has 0 fully saturated rings. The SMILES string of the molecule is Cc1ccc(CN)c(SC(C)C)c1. The Morgan fingerprint density at radius 1 is 1.38 bits per heavy atom. The molecule has 0 unspecified atom stereocenters. The predicted octanol–water partition coefficient (Wildman–Crippen LogP) is 2.95. The van der Waals surface area contributed by atoms with Gasteiger partial charge in [-0.25, -0.2) is 0 Å². The Labute approximate surface area is 84.7 Å². The van der Waals surface area contributed by atoms with Gasteiger partial charge in [0.1, 0.15) is 0 Å². The van der Waals surface area contributed by atoms with Gasteiger partial charge in [0.25, 0.3) is 0 Å². The van der Waals surface area contributed by atoms with Crippen LogP contribution in [0.25, 0.3) is 0 Å². The Morgan fingerprint density at radius 2 is 2.08 bits per heavy atom. The minimum absolute atomic E-state index is 0.618. The van der Waals surface area contributed by atoms with E-state index in [-0.39, 0.29) is 0 Å². The molecule has 0 aliphatic heterocycles. The van der Waals surface area contributed by atoms with E-state index in [1.54, 1.807) is 0 Å². The number of nitrogens with two attached hydrogens (primary N) is 1. The van der Waals surface area contributed by atoms with Gasteiger partial charge in [-0.05, 0) is 24.1 Å². The van der Waals surface area contributed by atoms with Crippen LogP contribution in [0.15, 0.2) is 23.1 Å². The lowest BCUT2D eigenvalue weighted by atomic mass is 10.1. The smallest absolute Gasteiger partial charge is 0.0189 e. The molecule has 2 heteroatoms. The van der Waals surface area contributed by atoms with Crippen LogP contribution in [-0.2, 0) is 6.54 Å². The van der Waals surface area contributed by atoms with Crippen LogP contribution in [0.2, 0.25) is 0 Å². The second kappa shape index (κ2) is 4.68. The molecule has 0 aliphatic rings. The highest BCUT2D eigenvalue weighted by Gasteiger charge is 2.03. The van der Waals surface area contributed by atoms with Gasteiger partial charge in [-0.3, -0.25) is 0 Å². The van der Waals surface area contributed by atoms with E-state index in [0.717, 1.165) is 0 Å². The fourth-order valence-corrected chi connectivity index (χ4v) is 2.26. The van der Waals surface area contributed by atoms with E-state index in [0.29, 0.717) is 11.8 Å². The zero-order valence-electron chi connectivity index (χ0n) is 8.50. The number of aryl methyl sites for hydroxylation is 1. The summed E-state index contributed by atoms with van der Waals surface area (Å²) in [5, 5.41) is 0.618. The summed E-state index contributed by atoms with van der Waals surface area (Å²) in [7, 11) is 0. The predicted molar refractivity (Wildman–Crippen MR) is 60.1 cm³/mol. The van der Waals surface area contributed by atoms with Gasteiger partial charge in [-0.1, -0.05) is 26.0 Å². The van der Waals surface area contributed by atoms with Crippen molar-refractivity contribution >= 4 is 11.8 Å². The summed E-state index contributed by atoms with van der Waals surface area (Å²) in [6.45, 7) is 7.15. The van der Waals surface area contributed by atoms with Crippen LogP contribution in [0.5, 0.6) is 0 Å². The molecule has 1 aromatic rings.